The first-order valence-electron chi connectivity index (χ1n) is 5.62. The molecular formula is C12H16ClN3O2. The summed E-state index contributed by atoms with van der Waals surface area (Å²) in [6, 6.07) is 4.74. The van der Waals surface area contributed by atoms with Gasteiger partial charge in [0.25, 0.3) is 5.91 Å². The lowest BCUT2D eigenvalue weighted by Gasteiger charge is -2.07. The number of carbonyl (C=O) groups excluding carboxylic acids is 2. The minimum Gasteiger partial charge on any atom is -0.398 e. The van der Waals surface area contributed by atoms with Crippen molar-refractivity contribution in [3.05, 3.63) is 28.8 Å². The van der Waals surface area contributed by atoms with Gasteiger partial charge in [-0.25, -0.2) is 0 Å². The molecule has 0 aliphatic heterocycles. The maximum atomic E-state index is 11.8. The average molecular weight is 270 g/mol. The third kappa shape index (κ3) is 4.63. The van der Waals surface area contributed by atoms with Crippen molar-refractivity contribution in [2.45, 2.75) is 19.3 Å². The van der Waals surface area contributed by atoms with E-state index in [4.69, 9.17) is 23.1 Å². The molecular weight excluding hydrogens is 254 g/mol. The highest BCUT2D eigenvalue weighted by atomic mass is 35.5. The number of benzene rings is 1. The summed E-state index contributed by atoms with van der Waals surface area (Å²) in [5, 5.41) is 3.17. The Morgan fingerprint density at radius 3 is 2.67 bits per heavy atom. The van der Waals surface area contributed by atoms with Crippen LogP contribution in [0, 0.1) is 0 Å². The Labute approximate surface area is 110 Å². The highest BCUT2D eigenvalue weighted by Gasteiger charge is 2.09. The Bertz CT molecular complexity index is 449. The topological polar surface area (TPSA) is 98.2 Å². The fourth-order valence-corrected chi connectivity index (χ4v) is 1.62. The van der Waals surface area contributed by atoms with E-state index in [0.29, 0.717) is 42.1 Å². The van der Waals surface area contributed by atoms with Crippen LogP contribution in [-0.4, -0.2) is 18.4 Å². The van der Waals surface area contributed by atoms with Gasteiger partial charge in [0, 0.05) is 23.7 Å². The van der Waals surface area contributed by atoms with Crippen molar-refractivity contribution in [3.8, 4) is 0 Å². The first-order valence-corrected chi connectivity index (χ1v) is 6.00. The average Bonchev–Trinajstić information content (AvgIpc) is 2.31. The van der Waals surface area contributed by atoms with Crippen LogP contribution in [0.3, 0.4) is 0 Å². The Hall–Kier alpha value is -1.75. The van der Waals surface area contributed by atoms with Crippen LogP contribution < -0.4 is 16.8 Å². The predicted octanol–water partition coefficient (Wildman–Crippen LogP) is 1.31. The molecule has 0 aliphatic rings. The first-order chi connectivity index (χ1) is 8.50. The highest BCUT2D eigenvalue weighted by Crippen LogP contribution is 2.17. The molecule has 2 amide bonds. The molecule has 0 bridgehead atoms. The van der Waals surface area contributed by atoms with Crippen LogP contribution in [0.1, 0.15) is 29.6 Å². The second kappa shape index (κ2) is 6.86. The fraction of sp³-hybridized carbons (Fsp3) is 0.333. The van der Waals surface area contributed by atoms with Crippen molar-refractivity contribution >= 4 is 29.1 Å². The van der Waals surface area contributed by atoms with E-state index >= 15 is 0 Å². The molecule has 0 unspecified atom stereocenters. The normalized spacial score (nSPS) is 10.1. The molecule has 0 atom stereocenters. The van der Waals surface area contributed by atoms with Gasteiger partial charge in [0.1, 0.15) is 0 Å². The summed E-state index contributed by atoms with van der Waals surface area (Å²) in [5.74, 6) is -0.602. The molecule has 0 aliphatic carbocycles. The van der Waals surface area contributed by atoms with Gasteiger partial charge in [-0.15, -0.1) is 0 Å². The van der Waals surface area contributed by atoms with Gasteiger partial charge in [0.15, 0.2) is 0 Å². The van der Waals surface area contributed by atoms with E-state index in [1.54, 1.807) is 12.1 Å². The smallest absolute Gasteiger partial charge is 0.253 e. The van der Waals surface area contributed by atoms with Gasteiger partial charge >= 0.3 is 0 Å². The second-order valence-electron chi connectivity index (χ2n) is 3.91. The molecule has 0 heterocycles. The summed E-state index contributed by atoms with van der Waals surface area (Å²) in [6.45, 7) is 0.470. The van der Waals surface area contributed by atoms with Gasteiger partial charge in [0.2, 0.25) is 5.91 Å². The number of halogens is 1. The number of carbonyl (C=O) groups is 2. The molecule has 1 aromatic rings. The van der Waals surface area contributed by atoms with E-state index in [2.05, 4.69) is 5.32 Å². The van der Waals surface area contributed by atoms with Gasteiger partial charge in [-0.05, 0) is 31.0 Å². The largest absolute Gasteiger partial charge is 0.398 e. The molecule has 98 valence electrons. The van der Waals surface area contributed by atoms with Crippen LogP contribution >= 0.6 is 11.6 Å². The summed E-state index contributed by atoms with van der Waals surface area (Å²) in [5.41, 5.74) is 11.4. The minimum absolute atomic E-state index is 0.269. The van der Waals surface area contributed by atoms with E-state index in [1.165, 1.54) is 6.07 Å². The van der Waals surface area contributed by atoms with E-state index in [0.717, 1.165) is 0 Å². The van der Waals surface area contributed by atoms with Gasteiger partial charge in [-0.3, -0.25) is 9.59 Å². The lowest BCUT2D eigenvalue weighted by atomic mass is 10.1. The number of nitrogen functional groups attached to an aromatic ring is 1. The number of hydrogen-bond acceptors (Lipinski definition) is 3. The van der Waals surface area contributed by atoms with Crippen molar-refractivity contribution in [2.24, 2.45) is 5.73 Å². The summed E-state index contributed by atoms with van der Waals surface area (Å²) in [4.78, 5) is 22.3. The Kier molecular flexibility index (Phi) is 5.45. The molecule has 1 rings (SSSR count). The second-order valence-corrected chi connectivity index (χ2v) is 4.35. The zero-order valence-corrected chi connectivity index (χ0v) is 10.7. The van der Waals surface area contributed by atoms with Gasteiger partial charge in [-0.1, -0.05) is 11.6 Å². The summed E-state index contributed by atoms with van der Waals surface area (Å²) >= 11 is 5.79. The molecule has 0 aromatic heterocycles. The lowest BCUT2D eigenvalue weighted by molar-refractivity contribution is -0.118. The molecule has 0 spiro atoms. The van der Waals surface area contributed by atoms with Gasteiger partial charge < -0.3 is 16.8 Å². The Morgan fingerprint density at radius 2 is 2.00 bits per heavy atom. The molecule has 5 nitrogen and oxygen atoms in total. The predicted molar refractivity (Wildman–Crippen MR) is 71.2 cm³/mol. The van der Waals surface area contributed by atoms with Crippen LogP contribution in [0.2, 0.25) is 5.02 Å². The Balaban J connectivity index is 2.41. The molecule has 0 fully saturated rings. The summed E-state index contributed by atoms with van der Waals surface area (Å²) in [6.07, 6.45) is 1.67. The molecule has 18 heavy (non-hydrogen) atoms. The van der Waals surface area contributed by atoms with Crippen LogP contribution in [0.5, 0.6) is 0 Å². The number of anilines is 1. The van der Waals surface area contributed by atoms with Crippen LogP contribution in [0.25, 0.3) is 0 Å². The van der Waals surface area contributed by atoms with Crippen LogP contribution in [0.4, 0.5) is 5.69 Å². The number of nitrogens with two attached hydrogens (primary N) is 2. The SMILES string of the molecule is NC(=O)CCCCNC(=O)c1cc(Cl)ccc1N. The lowest BCUT2D eigenvalue weighted by Crippen LogP contribution is -2.25. The summed E-state index contributed by atoms with van der Waals surface area (Å²) < 4.78 is 0. The number of unbranched alkanes of at least 4 members (excludes halogenated alkanes) is 1. The number of hydrogen-bond donors (Lipinski definition) is 3. The zero-order valence-electron chi connectivity index (χ0n) is 9.91. The highest BCUT2D eigenvalue weighted by molar-refractivity contribution is 6.31. The minimum atomic E-state index is -0.333. The van der Waals surface area contributed by atoms with E-state index < -0.39 is 0 Å². The zero-order chi connectivity index (χ0) is 13.5. The number of rotatable bonds is 6. The third-order valence-corrected chi connectivity index (χ3v) is 2.63. The fourth-order valence-electron chi connectivity index (χ4n) is 1.45. The maximum Gasteiger partial charge on any atom is 0.253 e. The van der Waals surface area contributed by atoms with E-state index in [1.807, 2.05) is 0 Å². The molecule has 0 saturated carbocycles. The standard InChI is InChI=1S/C12H16ClN3O2/c13-8-4-5-10(14)9(7-8)12(18)16-6-2-1-3-11(15)17/h4-5,7H,1-3,6,14H2,(H2,15,17)(H,16,18). The Morgan fingerprint density at radius 1 is 1.28 bits per heavy atom. The van der Waals surface area contributed by atoms with E-state index in [-0.39, 0.29) is 11.8 Å². The van der Waals surface area contributed by atoms with Crippen molar-refractivity contribution in [2.75, 3.05) is 12.3 Å². The molecule has 0 saturated heterocycles. The number of primary amides is 1. The van der Waals surface area contributed by atoms with Gasteiger partial charge in [-0.2, -0.15) is 0 Å². The third-order valence-electron chi connectivity index (χ3n) is 2.40. The summed E-state index contributed by atoms with van der Waals surface area (Å²) in [7, 11) is 0. The molecule has 0 radical (unpaired) electrons. The van der Waals surface area contributed by atoms with Crippen LogP contribution in [-0.2, 0) is 4.79 Å². The van der Waals surface area contributed by atoms with Crippen molar-refractivity contribution in [1.29, 1.82) is 0 Å². The van der Waals surface area contributed by atoms with Crippen molar-refractivity contribution in [1.82, 2.24) is 5.32 Å². The monoisotopic (exact) mass is 269 g/mol. The van der Waals surface area contributed by atoms with E-state index in [9.17, 15) is 9.59 Å². The van der Waals surface area contributed by atoms with Crippen molar-refractivity contribution < 1.29 is 9.59 Å². The maximum absolute atomic E-state index is 11.8. The van der Waals surface area contributed by atoms with Crippen molar-refractivity contribution in [3.63, 3.8) is 0 Å². The van der Waals surface area contributed by atoms with Gasteiger partial charge in [0.05, 0.1) is 5.56 Å². The molecule has 1 aromatic carbocycles. The number of nitrogens with one attached hydrogen (secondary N) is 1. The molecule has 6 heteroatoms. The first kappa shape index (κ1) is 14.3. The molecule has 5 N–H and O–H groups in total. The quantitative estimate of drug-likeness (QED) is 0.536. The van der Waals surface area contributed by atoms with Crippen LogP contribution in [0.15, 0.2) is 18.2 Å². The number of amides is 2.